The SMILES string of the molecule is CN(C)S(=O)(=O)c1cccc(-c2nn(-c3ccccc3)cc2/C=C(/C#N)c2nc3ccccc3c(=O)[nH]2)c1. The van der Waals surface area contributed by atoms with Crippen molar-refractivity contribution in [3.05, 3.63) is 107 Å². The van der Waals surface area contributed by atoms with Crippen LogP contribution in [-0.2, 0) is 10.0 Å². The first-order valence-electron chi connectivity index (χ1n) is 11.6. The van der Waals surface area contributed by atoms with Gasteiger partial charge in [-0.25, -0.2) is 22.4 Å². The number of hydrogen-bond donors (Lipinski definition) is 1. The second-order valence-electron chi connectivity index (χ2n) is 8.63. The van der Waals surface area contributed by atoms with Gasteiger partial charge in [-0.15, -0.1) is 0 Å². The molecule has 0 radical (unpaired) electrons. The van der Waals surface area contributed by atoms with Gasteiger partial charge in [-0.05, 0) is 42.5 Å². The molecule has 0 amide bonds. The molecule has 5 aromatic rings. The lowest BCUT2D eigenvalue weighted by molar-refractivity contribution is 0.521. The van der Waals surface area contributed by atoms with Crippen molar-refractivity contribution in [3.63, 3.8) is 0 Å². The van der Waals surface area contributed by atoms with Crippen molar-refractivity contribution < 1.29 is 8.42 Å². The molecule has 0 aliphatic rings. The molecule has 0 unspecified atom stereocenters. The van der Waals surface area contributed by atoms with Crippen LogP contribution in [0, 0.1) is 11.3 Å². The van der Waals surface area contributed by atoms with Crippen molar-refractivity contribution in [2.75, 3.05) is 14.1 Å². The third-order valence-corrected chi connectivity index (χ3v) is 7.75. The Hall–Kier alpha value is -4.85. The van der Waals surface area contributed by atoms with E-state index in [4.69, 9.17) is 5.10 Å². The van der Waals surface area contributed by atoms with Crippen LogP contribution in [0.5, 0.6) is 0 Å². The molecule has 5 rings (SSSR count). The van der Waals surface area contributed by atoms with Gasteiger partial charge in [-0.1, -0.05) is 42.5 Å². The van der Waals surface area contributed by atoms with Crippen molar-refractivity contribution in [3.8, 4) is 23.0 Å². The Kier molecular flexibility index (Phi) is 6.46. The second-order valence-corrected chi connectivity index (χ2v) is 10.8. The molecule has 188 valence electrons. The van der Waals surface area contributed by atoms with Gasteiger partial charge in [0.2, 0.25) is 10.0 Å². The van der Waals surface area contributed by atoms with Crippen LogP contribution in [-0.4, -0.2) is 46.6 Å². The van der Waals surface area contributed by atoms with Gasteiger partial charge in [0.25, 0.3) is 5.56 Å². The number of hydrogen-bond acceptors (Lipinski definition) is 6. The summed E-state index contributed by atoms with van der Waals surface area (Å²) >= 11 is 0. The molecule has 10 heteroatoms. The third-order valence-electron chi connectivity index (χ3n) is 5.94. The topological polar surface area (TPSA) is 125 Å². The van der Waals surface area contributed by atoms with E-state index in [9.17, 15) is 18.5 Å². The van der Waals surface area contributed by atoms with Crippen molar-refractivity contribution >= 4 is 32.6 Å². The zero-order valence-electron chi connectivity index (χ0n) is 20.5. The van der Waals surface area contributed by atoms with E-state index >= 15 is 0 Å². The molecule has 2 aromatic heterocycles. The maximum absolute atomic E-state index is 12.8. The summed E-state index contributed by atoms with van der Waals surface area (Å²) < 4.78 is 28.4. The van der Waals surface area contributed by atoms with E-state index in [0.29, 0.717) is 27.7 Å². The Bertz CT molecular complexity index is 1900. The normalized spacial score (nSPS) is 12.1. The monoisotopic (exact) mass is 522 g/mol. The summed E-state index contributed by atoms with van der Waals surface area (Å²) in [5.41, 5.74) is 2.56. The lowest BCUT2D eigenvalue weighted by atomic mass is 10.1. The number of aromatic nitrogens is 4. The molecule has 1 N–H and O–H groups in total. The Balaban J connectivity index is 1.71. The number of nitrogens with one attached hydrogen (secondary N) is 1. The van der Waals surface area contributed by atoms with Gasteiger partial charge in [0, 0.05) is 31.4 Å². The highest BCUT2D eigenvalue weighted by molar-refractivity contribution is 7.89. The molecule has 0 bridgehead atoms. The molecule has 0 aliphatic heterocycles. The lowest BCUT2D eigenvalue weighted by Gasteiger charge is -2.12. The summed E-state index contributed by atoms with van der Waals surface area (Å²) in [6.07, 6.45) is 3.33. The minimum absolute atomic E-state index is 0.116. The van der Waals surface area contributed by atoms with E-state index in [1.807, 2.05) is 30.3 Å². The highest BCUT2D eigenvalue weighted by Crippen LogP contribution is 2.29. The van der Waals surface area contributed by atoms with E-state index in [1.54, 1.807) is 59.4 Å². The van der Waals surface area contributed by atoms with Crippen molar-refractivity contribution in [1.29, 1.82) is 5.26 Å². The van der Waals surface area contributed by atoms with Gasteiger partial charge in [0.15, 0.2) is 5.82 Å². The van der Waals surface area contributed by atoms with Crippen LogP contribution >= 0.6 is 0 Å². The Morgan fingerprint density at radius 2 is 1.76 bits per heavy atom. The first kappa shape index (κ1) is 24.8. The number of sulfonamides is 1. The van der Waals surface area contributed by atoms with Crippen molar-refractivity contribution in [2.24, 2.45) is 0 Å². The molecule has 38 heavy (non-hydrogen) atoms. The number of H-pyrrole nitrogens is 1. The van der Waals surface area contributed by atoms with Gasteiger partial charge < -0.3 is 4.98 Å². The average molecular weight is 523 g/mol. The number of rotatable bonds is 6. The molecule has 0 saturated carbocycles. The maximum atomic E-state index is 12.8. The summed E-state index contributed by atoms with van der Waals surface area (Å²) in [5, 5.41) is 15.2. The minimum atomic E-state index is -3.68. The fourth-order valence-corrected chi connectivity index (χ4v) is 4.92. The Morgan fingerprint density at radius 3 is 2.50 bits per heavy atom. The first-order chi connectivity index (χ1) is 18.3. The van der Waals surface area contributed by atoms with Crippen LogP contribution in [0.3, 0.4) is 0 Å². The van der Waals surface area contributed by atoms with E-state index in [1.165, 1.54) is 20.2 Å². The van der Waals surface area contributed by atoms with Gasteiger partial charge in [-0.2, -0.15) is 10.4 Å². The quantitative estimate of drug-likeness (QED) is 0.335. The van der Waals surface area contributed by atoms with E-state index in [2.05, 4.69) is 16.0 Å². The summed E-state index contributed by atoms with van der Waals surface area (Å²) in [7, 11) is -0.742. The van der Waals surface area contributed by atoms with Crippen molar-refractivity contribution in [1.82, 2.24) is 24.1 Å². The molecular weight excluding hydrogens is 500 g/mol. The summed E-state index contributed by atoms with van der Waals surface area (Å²) in [6.45, 7) is 0. The Labute approximate surface area is 219 Å². The van der Waals surface area contributed by atoms with E-state index < -0.39 is 10.0 Å². The first-order valence-corrected chi connectivity index (χ1v) is 13.0. The number of benzene rings is 3. The zero-order chi connectivity index (χ0) is 26.9. The molecule has 3 aromatic carbocycles. The Morgan fingerprint density at radius 1 is 1.03 bits per heavy atom. The largest absolute Gasteiger partial charge is 0.305 e. The predicted molar refractivity (Wildman–Crippen MR) is 146 cm³/mol. The molecule has 9 nitrogen and oxygen atoms in total. The van der Waals surface area contributed by atoms with Gasteiger partial charge >= 0.3 is 0 Å². The van der Waals surface area contributed by atoms with E-state index in [0.717, 1.165) is 9.99 Å². The number of allylic oxidation sites excluding steroid dienone is 1. The van der Waals surface area contributed by atoms with Crippen LogP contribution < -0.4 is 5.56 Å². The number of nitrogens with zero attached hydrogens (tertiary/aromatic N) is 5. The summed E-state index contributed by atoms with van der Waals surface area (Å²) in [5.74, 6) is 0.124. The highest BCUT2D eigenvalue weighted by Gasteiger charge is 2.20. The standard InChI is InChI=1S/C28H22N6O3S/c1-33(2)38(36,37)23-12-8-9-19(16-23)26-21(18-34(32-26)22-10-4-3-5-11-22)15-20(17-29)27-30-25-14-7-6-13-24(25)28(35)31-27/h3-16,18H,1-2H3,(H,30,31,35)/b20-15-. The van der Waals surface area contributed by atoms with Crippen molar-refractivity contribution in [2.45, 2.75) is 4.90 Å². The average Bonchev–Trinajstić information content (AvgIpc) is 3.36. The number of para-hydroxylation sites is 2. The van der Waals surface area contributed by atoms with Crippen LogP contribution in [0.2, 0.25) is 0 Å². The number of aromatic amines is 1. The number of nitriles is 1. The fourth-order valence-electron chi connectivity index (χ4n) is 3.97. The zero-order valence-corrected chi connectivity index (χ0v) is 21.3. The molecular formula is C28H22N6O3S. The van der Waals surface area contributed by atoms with Gasteiger partial charge in [-0.3, -0.25) is 4.79 Å². The molecule has 2 heterocycles. The molecule has 0 spiro atoms. The van der Waals surface area contributed by atoms with Crippen LogP contribution in [0.15, 0.2) is 94.7 Å². The minimum Gasteiger partial charge on any atom is -0.305 e. The molecule has 0 aliphatic carbocycles. The highest BCUT2D eigenvalue weighted by atomic mass is 32.2. The smallest absolute Gasteiger partial charge is 0.259 e. The summed E-state index contributed by atoms with van der Waals surface area (Å²) in [6, 6.07) is 24.9. The second kappa shape index (κ2) is 9.89. The molecule has 0 saturated heterocycles. The van der Waals surface area contributed by atoms with Crippen LogP contribution in [0.25, 0.3) is 39.5 Å². The van der Waals surface area contributed by atoms with Crippen LogP contribution in [0.1, 0.15) is 11.4 Å². The molecule has 0 fully saturated rings. The van der Waals surface area contributed by atoms with E-state index in [-0.39, 0.29) is 21.9 Å². The molecule has 0 atom stereocenters. The predicted octanol–water partition coefficient (Wildman–Crippen LogP) is 4.09. The lowest BCUT2D eigenvalue weighted by Crippen LogP contribution is -2.22. The van der Waals surface area contributed by atoms with Crippen LogP contribution in [0.4, 0.5) is 0 Å². The fraction of sp³-hybridized carbons (Fsp3) is 0.0714. The van der Waals surface area contributed by atoms with Gasteiger partial charge in [0.05, 0.1) is 27.1 Å². The van der Waals surface area contributed by atoms with Gasteiger partial charge in [0.1, 0.15) is 11.8 Å². The summed E-state index contributed by atoms with van der Waals surface area (Å²) in [4.78, 5) is 19.9. The number of fused-ring (bicyclic) bond motifs is 1. The third kappa shape index (κ3) is 4.64. The maximum Gasteiger partial charge on any atom is 0.259 e.